The fourth-order valence-corrected chi connectivity index (χ4v) is 5.61. The molecule has 4 saturated carbocycles. The molecule has 5 rings (SSSR count). The molecule has 4 aliphatic rings. The molecule has 2 N–H and O–H groups in total. The number of hydrogen-bond acceptors (Lipinski definition) is 1. The summed E-state index contributed by atoms with van der Waals surface area (Å²) in [5.41, 5.74) is 1.17. The molecule has 0 heterocycles. The Bertz CT molecular complexity index is 534. The smallest absolute Gasteiger partial charge is 0.319 e. The maximum atomic E-state index is 12.1. The van der Waals surface area contributed by atoms with E-state index in [0.717, 1.165) is 30.0 Å². The average Bonchev–Trinajstić information content (AvgIpc) is 2.46. The monoisotopic (exact) mass is 318 g/mol. The lowest BCUT2D eigenvalue weighted by atomic mass is 9.49. The normalized spacial score (nSPS) is 35.4. The molecule has 4 fully saturated rings. The Hall–Kier alpha value is -1.22. The van der Waals surface area contributed by atoms with Crippen LogP contribution in [0.4, 0.5) is 10.5 Å². The first-order chi connectivity index (χ1) is 10.6. The number of carbonyl (C=O) groups is 1. The van der Waals surface area contributed by atoms with Gasteiger partial charge < -0.3 is 10.6 Å². The van der Waals surface area contributed by atoms with E-state index in [1.165, 1.54) is 38.5 Å². The van der Waals surface area contributed by atoms with Crippen LogP contribution in [-0.2, 0) is 0 Å². The Morgan fingerprint density at radius 2 is 1.59 bits per heavy atom. The molecular weight excluding hydrogens is 296 g/mol. The third-order valence-electron chi connectivity index (χ3n) is 5.89. The first kappa shape index (κ1) is 14.4. The number of amides is 2. The Morgan fingerprint density at radius 1 is 1.05 bits per heavy atom. The van der Waals surface area contributed by atoms with Gasteiger partial charge in [-0.3, -0.25) is 0 Å². The first-order valence-corrected chi connectivity index (χ1v) is 8.78. The van der Waals surface area contributed by atoms with Crippen LogP contribution >= 0.6 is 11.6 Å². The second-order valence-electron chi connectivity index (χ2n) is 7.73. The van der Waals surface area contributed by atoms with Gasteiger partial charge in [-0.15, -0.1) is 0 Å². The van der Waals surface area contributed by atoms with Gasteiger partial charge in [-0.1, -0.05) is 11.6 Å². The van der Waals surface area contributed by atoms with Gasteiger partial charge in [0.15, 0.2) is 0 Å². The van der Waals surface area contributed by atoms with E-state index in [4.69, 9.17) is 11.6 Å². The number of halogens is 1. The molecule has 2 amide bonds. The lowest BCUT2D eigenvalue weighted by molar-refractivity contribution is -0.0496. The van der Waals surface area contributed by atoms with E-state index in [1.807, 2.05) is 12.1 Å². The molecule has 3 nitrogen and oxygen atoms in total. The van der Waals surface area contributed by atoms with Crippen LogP contribution in [0.3, 0.4) is 0 Å². The molecule has 1 aromatic rings. The highest BCUT2D eigenvalue weighted by atomic mass is 35.5. The molecule has 0 saturated heterocycles. The zero-order valence-electron chi connectivity index (χ0n) is 12.8. The highest BCUT2D eigenvalue weighted by molar-refractivity contribution is 6.30. The molecule has 1 aromatic carbocycles. The summed E-state index contributed by atoms with van der Waals surface area (Å²) in [6.07, 6.45) is 8.28. The van der Waals surface area contributed by atoms with Crippen LogP contribution in [0.2, 0.25) is 5.02 Å². The van der Waals surface area contributed by atoms with E-state index in [0.29, 0.717) is 10.4 Å². The largest absolute Gasteiger partial charge is 0.337 e. The molecule has 0 aromatic heterocycles. The first-order valence-electron chi connectivity index (χ1n) is 8.41. The molecule has 0 unspecified atom stereocenters. The molecule has 22 heavy (non-hydrogen) atoms. The number of hydrogen-bond donors (Lipinski definition) is 2. The van der Waals surface area contributed by atoms with Crippen LogP contribution in [0.25, 0.3) is 0 Å². The molecule has 0 radical (unpaired) electrons. The van der Waals surface area contributed by atoms with E-state index in [9.17, 15) is 4.79 Å². The highest BCUT2D eigenvalue weighted by Gasteiger charge is 2.50. The topological polar surface area (TPSA) is 41.1 Å². The fourth-order valence-electron chi connectivity index (χ4n) is 5.48. The van der Waals surface area contributed by atoms with Crippen molar-refractivity contribution < 1.29 is 4.79 Å². The number of rotatable bonds is 3. The van der Waals surface area contributed by atoms with Crippen LogP contribution < -0.4 is 10.6 Å². The summed E-state index contributed by atoms with van der Waals surface area (Å²) < 4.78 is 0. The third-order valence-corrected chi connectivity index (χ3v) is 6.14. The quantitative estimate of drug-likeness (QED) is 0.835. The molecule has 4 bridgehead atoms. The van der Waals surface area contributed by atoms with Crippen LogP contribution in [0, 0.1) is 23.2 Å². The van der Waals surface area contributed by atoms with E-state index < -0.39 is 0 Å². The van der Waals surface area contributed by atoms with Crippen molar-refractivity contribution in [2.45, 2.75) is 38.5 Å². The molecule has 4 heteroatoms. The van der Waals surface area contributed by atoms with Gasteiger partial charge in [0, 0.05) is 17.3 Å². The summed E-state index contributed by atoms with van der Waals surface area (Å²) in [7, 11) is 0. The molecule has 0 spiro atoms. The predicted octanol–water partition coefficient (Wildman–Crippen LogP) is 4.68. The lowest BCUT2D eigenvalue weighted by Crippen LogP contribution is -2.51. The van der Waals surface area contributed by atoms with E-state index in [-0.39, 0.29) is 6.03 Å². The van der Waals surface area contributed by atoms with Gasteiger partial charge in [0.1, 0.15) is 0 Å². The summed E-state index contributed by atoms with van der Waals surface area (Å²) in [5, 5.41) is 6.69. The van der Waals surface area contributed by atoms with Crippen LogP contribution in [0.5, 0.6) is 0 Å². The number of carbonyl (C=O) groups excluding carboxylic acids is 1. The summed E-state index contributed by atoms with van der Waals surface area (Å²) in [5.74, 6) is 2.77. The van der Waals surface area contributed by atoms with Crippen LogP contribution in [-0.4, -0.2) is 12.6 Å². The maximum absolute atomic E-state index is 12.1. The summed E-state index contributed by atoms with van der Waals surface area (Å²) in [6.45, 7) is 0.829. The van der Waals surface area contributed by atoms with Crippen LogP contribution in [0.1, 0.15) is 38.5 Å². The minimum Gasteiger partial charge on any atom is -0.337 e. The van der Waals surface area contributed by atoms with Crippen molar-refractivity contribution >= 4 is 23.3 Å². The number of nitrogens with one attached hydrogen (secondary N) is 2. The number of benzene rings is 1. The highest BCUT2D eigenvalue weighted by Crippen LogP contribution is 2.59. The molecule has 4 aliphatic carbocycles. The van der Waals surface area contributed by atoms with Crippen molar-refractivity contribution in [1.29, 1.82) is 0 Å². The Morgan fingerprint density at radius 3 is 2.14 bits per heavy atom. The molecule has 118 valence electrons. The van der Waals surface area contributed by atoms with Crippen LogP contribution in [0.15, 0.2) is 24.3 Å². The molecular formula is C18H23ClN2O. The molecule has 0 aliphatic heterocycles. The second-order valence-corrected chi connectivity index (χ2v) is 8.17. The van der Waals surface area contributed by atoms with Gasteiger partial charge in [-0.25, -0.2) is 4.79 Å². The van der Waals surface area contributed by atoms with Crippen molar-refractivity contribution in [1.82, 2.24) is 5.32 Å². The van der Waals surface area contributed by atoms with Crippen molar-refractivity contribution in [2.24, 2.45) is 23.2 Å². The zero-order chi connectivity index (χ0) is 15.2. The maximum Gasteiger partial charge on any atom is 0.319 e. The fraction of sp³-hybridized carbons (Fsp3) is 0.611. The Balaban J connectivity index is 1.34. The predicted molar refractivity (Wildman–Crippen MR) is 89.1 cm³/mol. The minimum atomic E-state index is -0.0990. The van der Waals surface area contributed by atoms with Crippen molar-refractivity contribution in [3.8, 4) is 0 Å². The van der Waals surface area contributed by atoms with Gasteiger partial charge >= 0.3 is 6.03 Å². The zero-order valence-corrected chi connectivity index (χ0v) is 13.5. The second kappa shape index (κ2) is 5.45. The number of urea groups is 1. The van der Waals surface area contributed by atoms with Gasteiger partial charge in [0.2, 0.25) is 0 Å². The summed E-state index contributed by atoms with van der Waals surface area (Å²) in [4.78, 5) is 12.1. The van der Waals surface area contributed by atoms with E-state index in [2.05, 4.69) is 10.6 Å². The summed E-state index contributed by atoms with van der Waals surface area (Å²) in [6, 6.07) is 7.13. The minimum absolute atomic E-state index is 0.0990. The third kappa shape index (κ3) is 2.83. The van der Waals surface area contributed by atoms with E-state index in [1.54, 1.807) is 12.1 Å². The van der Waals surface area contributed by atoms with E-state index >= 15 is 0 Å². The van der Waals surface area contributed by atoms with Gasteiger partial charge in [0.05, 0.1) is 0 Å². The number of anilines is 1. The van der Waals surface area contributed by atoms with Gasteiger partial charge in [-0.05, 0) is 86.0 Å². The standard InChI is InChI=1S/C18H23ClN2O/c19-15-1-3-16(4-2-15)21-17(22)20-11-18-8-12-5-13(9-18)7-14(6-12)10-18/h1-4,12-14H,5-11H2,(H2,20,21,22). The lowest BCUT2D eigenvalue weighted by Gasteiger charge is -2.56. The summed E-state index contributed by atoms with van der Waals surface area (Å²) >= 11 is 5.86. The van der Waals surface area contributed by atoms with Gasteiger partial charge in [-0.2, -0.15) is 0 Å². The average molecular weight is 319 g/mol. The van der Waals surface area contributed by atoms with Crippen molar-refractivity contribution in [3.63, 3.8) is 0 Å². The van der Waals surface area contributed by atoms with Gasteiger partial charge in [0.25, 0.3) is 0 Å². The Kier molecular flexibility index (Phi) is 3.56. The SMILES string of the molecule is O=C(NCC12CC3CC(CC(C3)C1)C2)Nc1ccc(Cl)cc1. The molecule has 0 atom stereocenters. The van der Waals surface area contributed by atoms with Crippen molar-refractivity contribution in [3.05, 3.63) is 29.3 Å². The Labute approximate surface area is 136 Å². The van der Waals surface area contributed by atoms with Crippen molar-refractivity contribution in [2.75, 3.05) is 11.9 Å².